The van der Waals surface area contributed by atoms with Gasteiger partial charge in [-0.15, -0.1) is 0 Å². The summed E-state index contributed by atoms with van der Waals surface area (Å²) in [6.45, 7) is 1.77. The van der Waals surface area contributed by atoms with Crippen molar-refractivity contribution in [3.63, 3.8) is 0 Å². The largest absolute Gasteiger partial charge is 0.274 e. The Morgan fingerprint density at radius 1 is 1.08 bits per heavy atom. The minimum atomic E-state index is -0.499. The predicted octanol–water partition coefficient (Wildman–Crippen LogP) is 2.46. The first kappa shape index (κ1) is 13.9. The maximum absolute atomic E-state index is 13.0. The number of hydrogen-bond acceptors (Lipinski definition) is 4. The normalized spacial score (nSPS) is 38.3. The molecule has 2 amide bonds. The molecule has 1 aromatic rings. The molecule has 3 fully saturated rings. The molecule has 2 bridgehead atoms. The molecule has 5 aliphatic rings. The quantitative estimate of drug-likeness (QED) is 0.362. The van der Waals surface area contributed by atoms with Gasteiger partial charge in [0.2, 0.25) is 11.8 Å². The number of rotatable bonds is 2. The average molecular weight is 324 g/mol. The highest BCUT2D eigenvalue weighted by Crippen LogP contribution is 2.65. The van der Waals surface area contributed by atoms with E-state index < -0.39 is 4.92 Å². The van der Waals surface area contributed by atoms with Gasteiger partial charge in [0.1, 0.15) is 0 Å². The summed E-state index contributed by atoms with van der Waals surface area (Å²) in [5, 5.41) is 11.1. The van der Waals surface area contributed by atoms with Crippen molar-refractivity contribution in [3.05, 3.63) is 46.0 Å². The molecule has 6 atom stereocenters. The minimum absolute atomic E-state index is 0.102. The van der Waals surface area contributed by atoms with E-state index in [-0.39, 0.29) is 41.2 Å². The summed E-state index contributed by atoms with van der Waals surface area (Å²) >= 11 is 0. The van der Waals surface area contributed by atoms with Crippen LogP contribution in [0.15, 0.2) is 30.4 Å². The molecule has 1 saturated heterocycles. The van der Waals surface area contributed by atoms with E-state index in [1.807, 2.05) is 0 Å². The Bertz CT molecular complexity index is 809. The minimum Gasteiger partial charge on any atom is -0.274 e. The standard InChI is InChI=1S/C18H16N2O4/c1-8-2-3-9(20(23)24)6-14(8)19-17(21)15-10-4-5-11(13-7-12(10)13)16(15)18(19)22/h2-6,10-13,15-16H,7H2,1H3/t10-,11-,12-,13+,15+,16+/m1/s1. The van der Waals surface area contributed by atoms with E-state index in [4.69, 9.17) is 0 Å². The third-order valence-corrected chi connectivity index (χ3v) is 6.31. The number of nitro groups is 1. The number of imide groups is 1. The van der Waals surface area contributed by atoms with Gasteiger partial charge in [-0.05, 0) is 42.6 Å². The summed E-state index contributed by atoms with van der Waals surface area (Å²) in [5.41, 5.74) is 0.961. The number of anilines is 1. The molecule has 0 unspecified atom stereocenters. The molecule has 6 rings (SSSR count). The van der Waals surface area contributed by atoms with Crippen molar-refractivity contribution >= 4 is 23.2 Å². The van der Waals surface area contributed by atoms with Gasteiger partial charge in [-0.3, -0.25) is 19.7 Å². The molecule has 1 aliphatic heterocycles. The van der Waals surface area contributed by atoms with Gasteiger partial charge < -0.3 is 0 Å². The summed E-state index contributed by atoms with van der Waals surface area (Å²) in [5.74, 6) is 0.477. The Morgan fingerprint density at radius 2 is 1.67 bits per heavy atom. The number of carbonyl (C=O) groups excluding carboxylic acids is 2. The molecular weight excluding hydrogens is 308 g/mol. The van der Waals surface area contributed by atoms with Crippen LogP contribution in [-0.2, 0) is 9.59 Å². The Hall–Kier alpha value is -2.50. The van der Waals surface area contributed by atoms with Crippen molar-refractivity contribution in [2.45, 2.75) is 13.3 Å². The Morgan fingerprint density at radius 3 is 2.21 bits per heavy atom. The number of allylic oxidation sites excluding steroid dienone is 2. The highest BCUT2D eigenvalue weighted by atomic mass is 16.6. The van der Waals surface area contributed by atoms with Crippen molar-refractivity contribution in [1.29, 1.82) is 0 Å². The fourth-order valence-corrected chi connectivity index (χ4v) is 5.15. The van der Waals surface area contributed by atoms with E-state index in [0.29, 0.717) is 23.1 Å². The van der Waals surface area contributed by atoms with Crippen LogP contribution in [0.3, 0.4) is 0 Å². The van der Waals surface area contributed by atoms with Crippen molar-refractivity contribution in [2.24, 2.45) is 35.5 Å². The Kier molecular flexibility index (Phi) is 2.50. The lowest BCUT2D eigenvalue weighted by molar-refractivity contribution is -0.384. The molecule has 0 N–H and O–H groups in total. The van der Waals surface area contributed by atoms with E-state index in [1.54, 1.807) is 13.0 Å². The number of nitro benzene ring substituents is 1. The third-order valence-electron chi connectivity index (χ3n) is 6.31. The predicted molar refractivity (Wildman–Crippen MR) is 85.0 cm³/mol. The summed E-state index contributed by atoms with van der Waals surface area (Å²) < 4.78 is 0. The van der Waals surface area contributed by atoms with Crippen LogP contribution < -0.4 is 4.90 Å². The van der Waals surface area contributed by atoms with E-state index in [9.17, 15) is 19.7 Å². The lowest BCUT2D eigenvalue weighted by atomic mass is 9.63. The summed E-state index contributed by atoms with van der Waals surface area (Å²) in [4.78, 5) is 37.9. The maximum Gasteiger partial charge on any atom is 0.271 e. The second-order valence-corrected chi connectivity index (χ2v) is 7.39. The highest BCUT2D eigenvalue weighted by molar-refractivity contribution is 6.23. The molecule has 4 aliphatic carbocycles. The number of nitrogens with zero attached hydrogens (tertiary/aromatic N) is 2. The van der Waals surface area contributed by atoms with Crippen LogP contribution in [0.1, 0.15) is 12.0 Å². The van der Waals surface area contributed by atoms with Gasteiger partial charge in [0.05, 0.1) is 22.4 Å². The van der Waals surface area contributed by atoms with Crippen LogP contribution >= 0.6 is 0 Å². The van der Waals surface area contributed by atoms with Crippen molar-refractivity contribution in [2.75, 3.05) is 4.90 Å². The van der Waals surface area contributed by atoms with E-state index >= 15 is 0 Å². The third kappa shape index (κ3) is 1.56. The van der Waals surface area contributed by atoms with Crippen LogP contribution in [0.4, 0.5) is 11.4 Å². The summed E-state index contributed by atoms with van der Waals surface area (Å²) in [7, 11) is 0. The Labute approximate surface area is 138 Å². The second-order valence-electron chi connectivity index (χ2n) is 7.39. The molecule has 2 saturated carbocycles. The number of amides is 2. The molecule has 0 radical (unpaired) electrons. The van der Waals surface area contributed by atoms with Crippen molar-refractivity contribution in [3.8, 4) is 0 Å². The van der Waals surface area contributed by atoms with Gasteiger partial charge >= 0.3 is 0 Å². The number of benzene rings is 1. The van der Waals surface area contributed by atoms with E-state index in [2.05, 4.69) is 12.2 Å². The number of aryl methyl sites for hydroxylation is 1. The van der Waals surface area contributed by atoms with Crippen LogP contribution in [0.2, 0.25) is 0 Å². The van der Waals surface area contributed by atoms with Crippen LogP contribution in [0.5, 0.6) is 0 Å². The number of carbonyl (C=O) groups is 2. The van der Waals surface area contributed by atoms with E-state index in [1.165, 1.54) is 17.0 Å². The van der Waals surface area contributed by atoms with Crippen LogP contribution in [0, 0.1) is 52.5 Å². The van der Waals surface area contributed by atoms with E-state index in [0.717, 1.165) is 6.42 Å². The van der Waals surface area contributed by atoms with Gasteiger partial charge in [-0.1, -0.05) is 18.2 Å². The molecular formula is C18H16N2O4. The molecule has 24 heavy (non-hydrogen) atoms. The van der Waals surface area contributed by atoms with Gasteiger partial charge in [0, 0.05) is 12.1 Å². The van der Waals surface area contributed by atoms with Gasteiger partial charge in [-0.2, -0.15) is 0 Å². The smallest absolute Gasteiger partial charge is 0.271 e. The topological polar surface area (TPSA) is 80.5 Å². The molecule has 0 aromatic heterocycles. The fourth-order valence-electron chi connectivity index (χ4n) is 5.15. The van der Waals surface area contributed by atoms with Gasteiger partial charge in [0.15, 0.2) is 0 Å². The highest BCUT2D eigenvalue weighted by Gasteiger charge is 2.67. The summed E-state index contributed by atoms with van der Waals surface area (Å²) in [6, 6.07) is 4.34. The summed E-state index contributed by atoms with van der Waals surface area (Å²) in [6.07, 6.45) is 5.36. The van der Waals surface area contributed by atoms with Gasteiger partial charge in [0.25, 0.3) is 5.69 Å². The number of non-ortho nitro benzene ring substituents is 1. The van der Waals surface area contributed by atoms with Crippen molar-refractivity contribution < 1.29 is 14.5 Å². The fraction of sp³-hybridized carbons (Fsp3) is 0.444. The van der Waals surface area contributed by atoms with Crippen LogP contribution in [0.25, 0.3) is 0 Å². The zero-order valence-corrected chi connectivity index (χ0v) is 13.1. The SMILES string of the molecule is Cc1ccc([N+](=O)[O-])cc1N1C(=O)[C@H]2[C@@H]3C=C[C@H]([C@@H]4C[C@H]34)[C@@H]2C1=O. The molecule has 6 nitrogen and oxygen atoms in total. The molecule has 1 aromatic carbocycles. The zero-order chi connectivity index (χ0) is 16.7. The maximum atomic E-state index is 13.0. The second kappa shape index (κ2) is 4.32. The first-order valence-electron chi connectivity index (χ1n) is 8.30. The molecule has 6 heteroatoms. The molecule has 0 spiro atoms. The average Bonchev–Trinajstić information content (AvgIpc) is 3.33. The molecule has 122 valence electrons. The first-order chi connectivity index (χ1) is 11.5. The lowest BCUT2D eigenvalue weighted by Crippen LogP contribution is -2.40. The van der Waals surface area contributed by atoms with Gasteiger partial charge in [-0.25, -0.2) is 4.90 Å². The zero-order valence-electron chi connectivity index (χ0n) is 13.1. The molecule has 1 heterocycles. The van der Waals surface area contributed by atoms with Crippen LogP contribution in [-0.4, -0.2) is 16.7 Å². The monoisotopic (exact) mass is 324 g/mol. The lowest BCUT2D eigenvalue weighted by Gasteiger charge is -2.37. The first-order valence-corrected chi connectivity index (χ1v) is 8.30. The van der Waals surface area contributed by atoms with Crippen molar-refractivity contribution in [1.82, 2.24) is 0 Å². The number of hydrogen-bond donors (Lipinski definition) is 0. The Balaban J connectivity index is 1.60.